The molecular formula is C22H27N8O3+. The summed E-state index contributed by atoms with van der Waals surface area (Å²) in [7, 11) is 1.94. The number of hydrogen-bond acceptors (Lipinski definition) is 8. The summed E-state index contributed by atoms with van der Waals surface area (Å²) in [5.74, 6) is 0.0196. The summed E-state index contributed by atoms with van der Waals surface area (Å²) in [5, 5.41) is 35.8. The first-order valence-electron chi connectivity index (χ1n) is 10.9. The number of nitrogens with zero attached hydrogens (tertiary/aromatic N) is 6. The Morgan fingerprint density at radius 1 is 1.36 bits per heavy atom. The standard InChI is InChI=1S/C22H26N8O3/c1-13(32)18-19(14-3-5-22(33,12-31)6-4-14)28-21-17(10-26-29(21)20(18)23)15-7-27-30(2,11-15)16-8-24-25-9-16/h7-11,14,31,33H,3-6,12H2,1-2H3,(H2-,23,24,25,26,28,32)/p+1/t14-,22+,30-/m1/s1. The fourth-order valence-electron chi connectivity index (χ4n) is 4.77. The molecule has 0 saturated heterocycles. The van der Waals surface area contributed by atoms with E-state index in [4.69, 9.17) is 10.7 Å². The lowest BCUT2D eigenvalue weighted by molar-refractivity contribution is -0.0458. The summed E-state index contributed by atoms with van der Waals surface area (Å²) < 4.78 is 1.69. The van der Waals surface area contributed by atoms with Crippen molar-refractivity contribution < 1.29 is 15.0 Å². The number of Topliss-reactive ketones (excluding diaryl/α,β-unsaturated/α-hetero) is 1. The average Bonchev–Trinajstić information content (AvgIpc) is 3.54. The Hall–Kier alpha value is -3.41. The second-order valence-electron chi connectivity index (χ2n) is 9.08. The Bertz CT molecular complexity index is 1280. The molecule has 0 amide bonds. The SMILES string of the molecule is CC(=O)c1c(N)n2ncc(C3=C[N@+](C)(c4cn[nH]c4)N=C3)c2nc1[C@H]1CC[C@](O)(CO)CC1. The van der Waals surface area contributed by atoms with Gasteiger partial charge in [-0.1, -0.05) is 5.10 Å². The highest BCUT2D eigenvalue weighted by Crippen LogP contribution is 2.40. The van der Waals surface area contributed by atoms with Gasteiger partial charge >= 0.3 is 0 Å². The van der Waals surface area contributed by atoms with Crippen molar-refractivity contribution in [3.05, 3.63) is 41.6 Å². The van der Waals surface area contributed by atoms with Crippen molar-refractivity contribution in [1.82, 2.24) is 29.4 Å². The Morgan fingerprint density at radius 3 is 2.76 bits per heavy atom. The molecule has 11 heteroatoms. The minimum Gasteiger partial charge on any atom is -0.393 e. The van der Waals surface area contributed by atoms with Gasteiger partial charge in [-0.2, -0.15) is 14.7 Å². The van der Waals surface area contributed by atoms with E-state index in [1.165, 1.54) is 11.4 Å². The molecule has 0 bridgehead atoms. The number of H-pyrrole nitrogens is 1. The average molecular weight is 452 g/mol. The van der Waals surface area contributed by atoms with Gasteiger partial charge in [-0.25, -0.2) is 4.98 Å². The van der Waals surface area contributed by atoms with Crippen molar-refractivity contribution in [3.63, 3.8) is 0 Å². The number of nitrogens with one attached hydrogen (secondary N) is 1. The predicted octanol–water partition coefficient (Wildman–Crippen LogP) is 1.60. The van der Waals surface area contributed by atoms with Gasteiger partial charge in [0.25, 0.3) is 0 Å². The van der Waals surface area contributed by atoms with Gasteiger partial charge in [-0.15, -0.1) is 4.59 Å². The van der Waals surface area contributed by atoms with E-state index in [0.717, 1.165) is 16.8 Å². The Morgan fingerprint density at radius 2 is 2.12 bits per heavy atom. The normalized spacial score (nSPS) is 27.3. The first-order valence-corrected chi connectivity index (χ1v) is 10.9. The molecule has 0 radical (unpaired) electrons. The van der Waals surface area contributed by atoms with Gasteiger partial charge < -0.3 is 15.9 Å². The fourth-order valence-corrected chi connectivity index (χ4v) is 4.77. The van der Waals surface area contributed by atoms with Crippen LogP contribution in [0.5, 0.6) is 0 Å². The van der Waals surface area contributed by atoms with Crippen LogP contribution in [-0.2, 0) is 0 Å². The van der Waals surface area contributed by atoms with Gasteiger partial charge in [0.15, 0.2) is 11.4 Å². The maximum Gasteiger partial charge on any atom is 0.201 e. The number of ketones is 1. The largest absolute Gasteiger partial charge is 0.393 e. The van der Waals surface area contributed by atoms with E-state index in [0.29, 0.717) is 42.6 Å². The van der Waals surface area contributed by atoms with Crippen molar-refractivity contribution in [2.75, 3.05) is 19.4 Å². The molecule has 172 valence electrons. The number of rotatable bonds is 5. The minimum absolute atomic E-state index is 0.0519. The summed E-state index contributed by atoms with van der Waals surface area (Å²) in [5.41, 5.74) is 9.36. The van der Waals surface area contributed by atoms with Crippen molar-refractivity contribution >= 4 is 34.7 Å². The fraction of sp³-hybridized carbons (Fsp3) is 0.409. The van der Waals surface area contributed by atoms with Crippen LogP contribution < -0.4 is 10.3 Å². The molecule has 0 spiro atoms. The van der Waals surface area contributed by atoms with Gasteiger partial charge in [0.1, 0.15) is 25.3 Å². The van der Waals surface area contributed by atoms with E-state index in [2.05, 4.69) is 20.4 Å². The molecule has 2 aliphatic rings. The number of nitrogens with two attached hydrogens (primary N) is 1. The molecule has 1 fully saturated rings. The van der Waals surface area contributed by atoms with Crippen LogP contribution in [0.15, 0.2) is 29.9 Å². The first-order chi connectivity index (χ1) is 15.7. The summed E-state index contributed by atoms with van der Waals surface area (Å²) in [6.07, 6.45) is 11.0. The van der Waals surface area contributed by atoms with Crippen LogP contribution in [0.2, 0.25) is 0 Å². The van der Waals surface area contributed by atoms with Crippen molar-refractivity contribution in [2.24, 2.45) is 5.10 Å². The molecule has 3 aromatic rings. The number of allylic oxidation sites excluding steroid dienone is 1. The van der Waals surface area contributed by atoms with E-state index in [-0.39, 0.29) is 28.7 Å². The van der Waals surface area contributed by atoms with E-state index in [9.17, 15) is 15.0 Å². The number of aliphatic hydroxyl groups is 2. The van der Waals surface area contributed by atoms with Crippen molar-refractivity contribution in [3.8, 4) is 0 Å². The van der Waals surface area contributed by atoms with Crippen molar-refractivity contribution in [2.45, 2.75) is 44.1 Å². The number of aromatic amines is 1. The number of fused-ring (bicyclic) bond motifs is 1. The lowest BCUT2D eigenvalue weighted by atomic mass is 9.77. The summed E-state index contributed by atoms with van der Waals surface area (Å²) >= 11 is 0. The highest BCUT2D eigenvalue weighted by Gasteiger charge is 2.36. The molecule has 1 aliphatic heterocycles. The highest BCUT2D eigenvalue weighted by molar-refractivity contribution is 6.14. The second kappa shape index (κ2) is 7.58. The Kier molecular flexibility index (Phi) is 4.92. The molecule has 3 aromatic heterocycles. The molecule has 1 atom stereocenters. The third kappa shape index (κ3) is 3.45. The van der Waals surface area contributed by atoms with E-state index in [1.54, 1.807) is 24.8 Å². The van der Waals surface area contributed by atoms with Crippen LogP contribution in [0.25, 0.3) is 11.2 Å². The van der Waals surface area contributed by atoms with Crippen LogP contribution in [0, 0.1) is 0 Å². The van der Waals surface area contributed by atoms with Crippen LogP contribution >= 0.6 is 0 Å². The molecule has 33 heavy (non-hydrogen) atoms. The number of aliphatic hydroxyl groups excluding tert-OH is 1. The smallest absolute Gasteiger partial charge is 0.201 e. The quantitative estimate of drug-likeness (QED) is 0.339. The number of anilines is 1. The maximum absolute atomic E-state index is 12.5. The van der Waals surface area contributed by atoms with E-state index < -0.39 is 5.60 Å². The molecule has 5 rings (SSSR count). The van der Waals surface area contributed by atoms with Crippen LogP contribution in [-0.4, -0.2) is 66.3 Å². The number of carbonyl (C=O) groups excluding carboxylic acids is 1. The molecule has 5 N–H and O–H groups in total. The molecule has 1 aliphatic carbocycles. The molecule has 0 unspecified atom stereocenters. The monoisotopic (exact) mass is 451 g/mol. The van der Waals surface area contributed by atoms with Crippen LogP contribution in [0.3, 0.4) is 0 Å². The number of carbonyl (C=O) groups is 1. The lowest BCUT2D eigenvalue weighted by Gasteiger charge is -2.34. The zero-order chi connectivity index (χ0) is 23.4. The van der Waals surface area contributed by atoms with E-state index in [1.807, 2.05) is 13.2 Å². The molecule has 11 nitrogen and oxygen atoms in total. The van der Waals surface area contributed by atoms with Gasteiger partial charge in [0.2, 0.25) is 5.69 Å². The van der Waals surface area contributed by atoms with E-state index >= 15 is 0 Å². The van der Waals surface area contributed by atoms with Crippen LogP contribution in [0.4, 0.5) is 11.5 Å². The molecule has 4 heterocycles. The molecular weight excluding hydrogens is 424 g/mol. The van der Waals surface area contributed by atoms with Crippen LogP contribution in [0.1, 0.15) is 60.1 Å². The first kappa shape index (κ1) is 21.4. The summed E-state index contributed by atoms with van der Waals surface area (Å²) in [4.78, 5) is 17.4. The summed E-state index contributed by atoms with van der Waals surface area (Å²) in [6.45, 7) is 1.20. The summed E-state index contributed by atoms with van der Waals surface area (Å²) in [6, 6.07) is 0. The van der Waals surface area contributed by atoms with Gasteiger partial charge in [0.05, 0.1) is 53.2 Å². The number of hydrogen-bond donors (Lipinski definition) is 4. The zero-order valence-electron chi connectivity index (χ0n) is 18.6. The Balaban J connectivity index is 1.60. The number of aromatic nitrogens is 5. The number of nitrogen functional groups attached to an aromatic ring is 1. The van der Waals surface area contributed by atoms with Gasteiger partial charge in [-0.05, 0) is 32.6 Å². The number of quaternary nitrogens is 1. The van der Waals surface area contributed by atoms with Crippen molar-refractivity contribution in [1.29, 1.82) is 0 Å². The minimum atomic E-state index is -1.08. The third-order valence-corrected chi connectivity index (χ3v) is 6.80. The maximum atomic E-state index is 12.5. The molecule has 0 aromatic carbocycles. The lowest BCUT2D eigenvalue weighted by Crippen LogP contribution is -2.37. The predicted molar refractivity (Wildman–Crippen MR) is 123 cm³/mol. The second-order valence-corrected chi connectivity index (χ2v) is 9.08. The molecule has 1 saturated carbocycles. The third-order valence-electron chi connectivity index (χ3n) is 6.80. The zero-order valence-corrected chi connectivity index (χ0v) is 18.6. The topological polar surface area (TPSA) is 155 Å². The Labute approximate surface area is 189 Å². The van der Waals surface area contributed by atoms with Gasteiger partial charge in [-0.3, -0.25) is 9.89 Å². The highest BCUT2D eigenvalue weighted by atomic mass is 16.3. The van der Waals surface area contributed by atoms with Gasteiger partial charge in [0, 0.05) is 5.92 Å².